The molecule has 124 valence electrons. The highest BCUT2D eigenvalue weighted by atomic mass is 16.2. The van der Waals surface area contributed by atoms with Crippen LogP contribution >= 0.6 is 0 Å². The van der Waals surface area contributed by atoms with Gasteiger partial charge in [0.25, 0.3) is 0 Å². The van der Waals surface area contributed by atoms with Crippen LogP contribution in [0.15, 0.2) is 30.4 Å². The summed E-state index contributed by atoms with van der Waals surface area (Å²) in [5, 5.41) is 3.29. The third kappa shape index (κ3) is 1.80. The van der Waals surface area contributed by atoms with Crippen LogP contribution in [0, 0.1) is 49.4 Å². The summed E-state index contributed by atoms with van der Waals surface area (Å²) >= 11 is 0. The van der Waals surface area contributed by atoms with E-state index in [9.17, 15) is 9.59 Å². The molecule has 1 N–H and O–H groups in total. The standard InChI is InChI=1S/C20H22N2O2/c1-10-3-6-16(11(2)7-10)21-9-22-19(23)17-12-4-5-13(15-8-14(12)15)18(17)20(22)24/h3-7,12-15,17-18,21H,8-9H2,1-2H3/t12-,13-,14-,15+,17+,18-/m1/s1. The molecule has 2 saturated carbocycles. The molecule has 1 heterocycles. The second kappa shape index (κ2) is 4.71. The molecule has 4 nitrogen and oxygen atoms in total. The van der Waals surface area contributed by atoms with Gasteiger partial charge in [0.1, 0.15) is 0 Å². The molecular formula is C20H22N2O2. The quantitative estimate of drug-likeness (QED) is 0.688. The number of aryl methyl sites for hydroxylation is 2. The predicted octanol–water partition coefficient (Wildman–Crippen LogP) is 2.73. The van der Waals surface area contributed by atoms with Gasteiger partial charge in [-0.3, -0.25) is 14.5 Å². The van der Waals surface area contributed by atoms with Crippen molar-refractivity contribution in [1.29, 1.82) is 0 Å². The Morgan fingerprint density at radius 1 is 1.04 bits per heavy atom. The molecule has 5 aliphatic rings. The number of hydrogen-bond donors (Lipinski definition) is 1. The first kappa shape index (κ1) is 14.3. The van der Waals surface area contributed by atoms with E-state index in [1.807, 2.05) is 19.1 Å². The molecule has 0 unspecified atom stereocenters. The molecule has 2 bridgehead atoms. The molecule has 0 spiro atoms. The Morgan fingerprint density at radius 3 is 2.25 bits per heavy atom. The van der Waals surface area contributed by atoms with E-state index in [-0.39, 0.29) is 30.3 Å². The molecule has 0 radical (unpaired) electrons. The molecule has 6 atom stereocenters. The first-order chi connectivity index (χ1) is 11.6. The normalized spacial score (nSPS) is 38.3. The van der Waals surface area contributed by atoms with E-state index in [1.165, 1.54) is 16.9 Å². The molecular weight excluding hydrogens is 300 g/mol. The van der Waals surface area contributed by atoms with E-state index in [0.717, 1.165) is 11.3 Å². The van der Waals surface area contributed by atoms with Crippen molar-refractivity contribution in [2.24, 2.45) is 35.5 Å². The van der Waals surface area contributed by atoms with Crippen molar-refractivity contribution >= 4 is 17.5 Å². The van der Waals surface area contributed by atoms with Crippen LogP contribution in [0.3, 0.4) is 0 Å². The molecule has 6 rings (SSSR count). The smallest absolute Gasteiger partial charge is 0.235 e. The monoisotopic (exact) mass is 322 g/mol. The summed E-state index contributed by atoms with van der Waals surface area (Å²) in [6.07, 6.45) is 5.63. The third-order valence-corrected chi connectivity index (χ3v) is 6.56. The van der Waals surface area contributed by atoms with Crippen LogP contribution in [0.25, 0.3) is 0 Å². The lowest BCUT2D eigenvalue weighted by atomic mass is 9.63. The predicted molar refractivity (Wildman–Crippen MR) is 91.0 cm³/mol. The van der Waals surface area contributed by atoms with E-state index >= 15 is 0 Å². The number of nitrogens with one attached hydrogen (secondary N) is 1. The lowest BCUT2D eigenvalue weighted by Gasteiger charge is -2.37. The van der Waals surface area contributed by atoms with Gasteiger partial charge in [-0.05, 0) is 55.6 Å². The van der Waals surface area contributed by atoms with Crippen molar-refractivity contribution in [3.63, 3.8) is 0 Å². The van der Waals surface area contributed by atoms with Crippen molar-refractivity contribution in [3.05, 3.63) is 41.5 Å². The fourth-order valence-corrected chi connectivity index (χ4v) is 5.35. The Kier molecular flexibility index (Phi) is 2.80. The summed E-state index contributed by atoms with van der Waals surface area (Å²) in [5.74, 6) is 1.78. The zero-order valence-electron chi connectivity index (χ0n) is 14.0. The summed E-state index contributed by atoms with van der Waals surface area (Å²) in [7, 11) is 0. The minimum atomic E-state index is -0.0998. The maximum absolute atomic E-state index is 12.9. The van der Waals surface area contributed by atoms with Crippen LogP contribution in [-0.2, 0) is 9.59 Å². The van der Waals surface area contributed by atoms with Crippen molar-refractivity contribution in [2.75, 3.05) is 12.0 Å². The number of likely N-dealkylation sites (tertiary alicyclic amines) is 1. The summed E-state index contributed by atoms with van der Waals surface area (Å²) in [5.41, 5.74) is 3.33. The van der Waals surface area contributed by atoms with E-state index in [2.05, 4.69) is 30.5 Å². The zero-order chi connectivity index (χ0) is 16.6. The van der Waals surface area contributed by atoms with Crippen LogP contribution in [0.2, 0.25) is 0 Å². The molecule has 2 amide bonds. The van der Waals surface area contributed by atoms with Crippen LogP contribution in [0.5, 0.6) is 0 Å². The second-order valence-corrected chi connectivity index (χ2v) is 7.91. The minimum absolute atomic E-state index is 0.0342. The summed E-state index contributed by atoms with van der Waals surface area (Å²) in [4.78, 5) is 27.3. The molecule has 1 aromatic rings. The van der Waals surface area contributed by atoms with Crippen molar-refractivity contribution in [1.82, 2.24) is 4.90 Å². The number of anilines is 1. The molecule has 4 heteroatoms. The Hall–Kier alpha value is -2.10. The summed E-state index contributed by atoms with van der Waals surface area (Å²) < 4.78 is 0. The van der Waals surface area contributed by atoms with Gasteiger partial charge in [0, 0.05) is 5.69 Å². The molecule has 1 aromatic carbocycles. The lowest BCUT2D eigenvalue weighted by Crippen LogP contribution is -2.40. The second-order valence-electron chi connectivity index (χ2n) is 7.91. The number of hydrogen-bond acceptors (Lipinski definition) is 3. The van der Waals surface area contributed by atoms with Crippen LogP contribution in [0.1, 0.15) is 17.5 Å². The van der Waals surface area contributed by atoms with Gasteiger partial charge in [0.2, 0.25) is 11.8 Å². The van der Waals surface area contributed by atoms with Gasteiger partial charge in [-0.2, -0.15) is 0 Å². The average molecular weight is 322 g/mol. The number of imide groups is 1. The molecule has 1 aliphatic heterocycles. The molecule has 3 fully saturated rings. The fraction of sp³-hybridized carbons (Fsp3) is 0.500. The van der Waals surface area contributed by atoms with Gasteiger partial charge in [-0.25, -0.2) is 0 Å². The topological polar surface area (TPSA) is 49.4 Å². The third-order valence-electron chi connectivity index (χ3n) is 6.56. The number of allylic oxidation sites excluding steroid dienone is 2. The largest absolute Gasteiger partial charge is 0.367 e. The maximum Gasteiger partial charge on any atom is 0.235 e. The Labute approximate surface area is 141 Å². The number of carbonyl (C=O) groups excluding carboxylic acids is 2. The highest BCUT2D eigenvalue weighted by Crippen LogP contribution is 2.65. The Morgan fingerprint density at radius 2 is 1.67 bits per heavy atom. The van der Waals surface area contributed by atoms with Gasteiger partial charge in [-0.15, -0.1) is 0 Å². The van der Waals surface area contributed by atoms with E-state index in [0.29, 0.717) is 23.7 Å². The Balaban J connectivity index is 1.37. The average Bonchev–Trinajstić information content (AvgIpc) is 3.33. The fourth-order valence-electron chi connectivity index (χ4n) is 5.35. The maximum atomic E-state index is 12.9. The molecule has 4 aliphatic carbocycles. The van der Waals surface area contributed by atoms with Crippen molar-refractivity contribution in [3.8, 4) is 0 Å². The van der Waals surface area contributed by atoms with Gasteiger partial charge in [-0.1, -0.05) is 29.8 Å². The number of carbonyl (C=O) groups is 2. The number of nitrogens with zero attached hydrogens (tertiary/aromatic N) is 1. The first-order valence-electron chi connectivity index (χ1n) is 8.91. The van der Waals surface area contributed by atoms with Gasteiger partial charge < -0.3 is 5.32 Å². The van der Waals surface area contributed by atoms with Crippen molar-refractivity contribution in [2.45, 2.75) is 20.3 Å². The van der Waals surface area contributed by atoms with Crippen LogP contribution < -0.4 is 5.32 Å². The van der Waals surface area contributed by atoms with Crippen LogP contribution in [0.4, 0.5) is 5.69 Å². The summed E-state index contributed by atoms with van der Waals surface area (Å²) in [6, 6.07) is 6.16. The van der Waals surface area contributed by atoms with E-state index in [1.54, 1.807) is 0 Å². The zero-order valence-corrected chi connectivity index (χ0v) is 14.0. The number of amides is 2. The van der Waals surface area contributed by atoms with E-state index in [4.69, 9.17) is 0 Å². The number of rotatable bonds is 3. The highest BCUT2D eigenvalue weighted by Gasteiger charge is 2.66. The SMILES string of the molecule is Cc1ccc(NCN2C(=O)[C@@H]3[C@@H]4C=C[C@H]([C@H]5C[C@@H]45)[C@@H]3C2=O)c(C)c1. The van der Waals surface area contributed by atoms with Gasteiger partial charge in [0.05, 0.1) is 18.5 Å². The first-order valence-corrected chi connectivity index (χ1v) is 8.91. The molecule has 24 heavy (non-hydrogen) atoms. The molecule has 0 aromatic heterocycles. The molecule has 1 saturated heterocycles. The van der Waals surface area contributed by atoms with Crippen LogP contribution in [-0.4, -0.2) is 23.4 Å². The Bertz CT molecular complexity index is 748. The van der Waals surface area contributed by atoms with Gasteiger partial charge >= 0.3 is 0 Å². The van der Waals surface area contributed by atoms with E-state index < -0.39 is 0 Å². The van der Waals surface area contributed by atoms with Crippen molar-refractivity contribution < 1.29 is 9.59 Å². The minimum Gasteiger partial charge on any atom is -0.367 e. The lowest BCUT2D eigenvalue weighted by molar-refractivity contribution is -0.139. The number of benzene rings is 1. The summed E-state index contributed by atoms with van der Waals surface area (Å²) in [6.45, 7) is 4.38. The van der Waals surface area contributed by atoms with Gasteiger partial charge in [0.15, 0.2) is 0 Å². The highest BCUT2D eigenvalue weighted by molar-refractivity contribution is 6.06.